The van der Waals surface area contributed by atoms with Gasteiger partial charge in [0.25, 0.3) is 0 Å². The van der Waals surface area contributed by atoms with Crippen molar-refractivity contribution in [2.45, 2.75) is 6.54 Å². The first-order valence-corrected chi connectivity index (χ1v) is 10.0. The molecule has 10 heteroatoms. The van der Waals surface area contributed by atoms with Gasteiger partial charge in [0.15, 0.2) is 28.6 Å². The molecule has 5 rings (SSSR count). The van der Waals surface area contributed by atoms with E-state index >= 15 is 0 Å². The van der Waals surface area contributed by atoms with Gasteiger partial charge >= 0.3 is 0 Å². The highest BCUT2D eigenvalue weighted by Gasteiger charge is 2.24. The molecule has 0 N–H and O–H groups in total. The first-order valence-electron chi connectivity index (χ1n) is 10.0. The molecule has 0 atom stereocenters. The second-order valence-electron chi connectivity index (χ2n) is 7.30. The lowest BCUT2D eigenvalue weighted by Gasteiger charge is -2.30. The molecule has 2 saturated heterocycles. The highest BCUT2D eigenvalue weighted by Crippen LogP contribution is 2.27. The predicted molar refractivity (Wildman–Crippen MR) is 107 cm³/mol. The van der Waals surface area contributed by atoms with Crippen LogP contribution in [0.3, 0.4) is 0 Å². The summed E-state index contributed by atoms with van der Waals surface area (Å²) in [6.07, 6.45) is 1.61. The van der Waals surface area contributed by atoms with E-state index in [9.17, 15) is 8.78 Å². The van der Waals surface area contributed by atoms with Crippen LogP contribution in [0.15, 0.2) is 24.5 Å². The summed E-state index contributed by atoms with van der Waals surface area (Å²) >= 11 is 0. The number of halogens is 2. The van der Waals surface area contributed by atoms with Gasteiger partial charge in [-0.1, -0.05) is 12.1 Å². The van der Waals surface area contributed by atoms with Crippen LogP contribution in [0, 0.1) is 11.6 Å². The van der Waals surface area contributed by atoms with E-state index < -0.39 is 11.6 Å². The Morgan fingerprint density at radius 3 is 2.33 bits per heavy atom. The van der Waals surface area contributed by atoms with Crippen LogP contribution in [0.4, 0.5) is 20.5 Å². The minimum absolute atomic E-state index is 0.127. The fourth-order valence-electron chi connectivity index (χ4n) is 3.79. The second kappa shape index (κ2) is 8.11. The van der Waals surface area contributed by atoms with Gasteiger partial charge in [0.05, 0.1) is 39.3 Å². The number of fused-ring (bicyclic) bond motifs is 1. The first kappa shape index (κ1) is 19.1. The second-order valence-corrected chi connectivity index (χ2v) is 7.30. The van der Waals surface area contributed by atoms with Crippen molar-refractivity contribution in [3.63, 3.8) is 0 Å². The van der Waals surface area contributed by atoms with Crippen LogP contribution >= 0.6 is 0 Å². The van der Waals surface area contributed by atoms with Crippen LogP contribution in [0.25, 0.3) is 11.2 Å². The Labute approximate surface area is 172 Å². The lowest BCUT2D eigenvalue weighted by molar-refractivity contribution is 0.121. The van der Waals surface area contributed by atoms with Crippen molar-refractivity contribution in [3.05, 3.63) is 41.7 Å². The molecule has 1 aromatic carbocycles. The maximum atomic E-state index is 14.2. The third-order valence-electron chi connectivity index (χ3n) is 5.41. The molecule has 2 aliphatic heterocycles. The van der Waals surface area contributed by atoms with Crippen molar-refractivity contribution in [1.82, 2.24) is 19.5 Å². The zero-order chi connectivity index (χ0) is 20.5. The normalized spacial score (nSPS) is 17.7. The average Bonchev–Trinajstić information content (AvgIpc) is 3.20. The van der Waals surface area contributed by atoms with Crippen LogP contribution in [-0.4, -0.2) is 72.1 Å². The molecule has 3 aromatic rings. The van der Waals surface area contributed by atoms with Gasteiger partial charge in [-0.25, -0.2) is 13.8 Å². The van der Waals surface area contributed by atoms with Crippen LogP contribution < -0.4 is 9.80 Å². The Kier molecular flexibility index (Phi) is 5.17. The molecule has 0 aliphatic carbocycles. The number of aromatic nitrogens is 4. The molecule has 2 aliphatic rings. The largest absolute Gasteiger partial charge is 0.378 e. The van der Waals surface area contributed by atoms with E-state index in [1.165, 1.54) is 6.07 Å². The van der Waals surface area contributed by atoms with Gasteiger partial charge in [-0.15, -0.1) is 0 Å². The molecular weight excluding hydrogens is 394 g/mol. The third-order valence-corrected chi connectivity index (χ3v) is 5.41. The fraction of sp³-hybridized carbons (Fsp3) is 0.450. The molecule has 0 bridgehead atoms. The number of rotatable bonds is 4. The lowest BCUT2D eigenvalue weighted by atomic mass is 10.2. The Morgan fingerprint density at radius 1 is 0.900 bits per heavy atom. The van der Waals surface area contributed by atoms with E-state index in [1.807, 2.05) is 0 Å². The van der Waals surface area contributed by atoms with Crippen molar-refractivity contribution in [2.75, 3.05) is 62.4 Å². The lowest BCUT2D eigenvalue weighted by Crippen LogP contribution is -2.39. The van der Waals surface area contributed by atoms with Gasteiger partial charge in [0.1, 0.15) is 0 Å². The Hall–Kier alpha value is -2.85. The minimum atomic E-state index is -0.866. The van der Waals surface area contributed by atoms with Gasteiger partial charge in [-0.05, 0) is 6.07 Å². The molecule has 4 heterocycles. The Bertz CT molecular complexity index is 1050. The summed E-state index contributed by atoms with van der Waals surface area (Å²) in [5, 5.41) is 0. The molecule has 2 aromatic heterocycles. The Balaban J connectivity index is 1.59. The standard InChI is InChI=1S/C20H22F2N6O2/c21-15-3-1-2-14(16(15)22)12-28-13-23-17-18(26-4-8-29-9-5-26)24-20(25-19(17)28)27-6-10-30-11-7-27/h1-3,13H,4-12H2. The van der Waals surface area contributed by atoms with Crippen LogP contribution in [0.1, 0.15) is 5.56 Å². The van der Waals surface area contributed by atoms with Crippen molar-refractivity contribution in [2.24, 2.45) is 0 Å². The maximum absolute atomic E-state index is 14.2. The smallest absolute Gasteiger partial charge is 0.229 e. The zero-order valence-electron chi connectivity index (χ0n) is 16.4. The first-order chi connectivity index (χ1) is 14.7. The van der Waals surface area contributed by atoms with Crippen molar-refractivity contribution < 1.29 is 18.3 Å². The van der Waals surface area contributed by atoms with Crippen LogP contribution in [0.5, 0.6) is 0 Å². The third kappa shape index (κ3) is 3.56. The average molecular weight is 416 g/mol. The summed E-state index contributed by atoms with van der Waals surface area (Å²) in [7, 11) is 0. The highest BCUT2D eigenvalue weighted by molar-refractivity contribution is 5.85. The molecule has 158 valence electrons. The van der Waals surface area contributed by atoms with Gasteiger partial charge in [-0.3, -0.25) is 0 Å². The zero-order valence-corrected chi connectivity index (χ0v) is 16.4. The summed E-state index contributed by atoms with van der Waals surface area (Å²) < 4.78 is 40.6. The highest BCUT2D eigenvalue weighted by atomic mass is 19.2. The quantitative estimate of drug-likeness (QED) is 0.643. The molecule has 0 unspecified atom stereocenters. The van der Waals surface area contributed by atoms with Crippen molar-refractivity contribution in [3.8, 4) is 0 Å². The molecule has 0 spiro atoms. The number of morpholine rings is 2. The molecule has 0 amide bonds. The van der Waals surface area contributed by atoms with Crippen molar-refractivity contribution >= 4 is 22.9 Å². The summed E-state index contributed by atoms with van der Waals surface area (Å²) in [6, 6.07) is 4.18. The molecule has 0 saturated carbocycles. The molecule has 8 nitrogen and oxygen atoms in total. The number of hydrogen-bond acceptors (Lipinski definition) is 7. The SMILES string of the molecule is Fc1cccc(Cn2cnc3c(N4CCOCC4)nc(N4CCOCC4)nc32)c1F. The van der Waals surface area contributed by atoms with E-state index in [0.29, 0.717) is 69.7 Å². The van der Waals surface area contributed by atoms with Crippen molar-refractivity contribution in [1.29, 1.82) is 0 Å². The predicted octanol–water partition coefficient (Wildman–Crippen LogP) is 1.83. The number of ether oxygens (including phenoxy) is 2. The molecular formula is C20H22F2N6O2. The van der Waals surface area contributed by atoms with Crippen LogP contribution in [-0.2, 0) is 16.0 Å². The maximum Gasteiger partial charge on any atom is 0.229 e. The molecule has 30 heavy (non-hydrogen) atoms. The van der Waals surface area contributed by atoms with E-state index in [4.69, 9.17) is 19.4 Å². The summed E-state index contributed by atoms with van der Waals surface area (Å²) in [4.78, 5) is 18.3. The number of benzene rings is 1. The van der Waals surface area contributed by atoms with Gasteiger partial charge < -0.3 is 23.8 Å². The van der Waals surface area contributed by atoms with E-state index in [0.717, 1.165) is 11.9 Å². The Morgan fingerprint density at radius 2 is 1.60 bits per heavy atom. The fourth-order valence-corrected chi connectivity index (χ4v) is 3.79. The number of nitrogens with zero attached hydrogens (tertiary/aromatic N) is 6. The number of anilines is 2. The number of hydrogen-bond donors (Lipinski definition) is 0. The monoisotopic (exact) mass is 416 g/mol. The summed E-state index contributed by atoms with van der Waals surface area (Å²) in [6.45, 7) is 5.40. The van der Waals surface area contributed by atoms with E-state index in [2.05, 4.69) is 14.8 Å². The van der Waals surface area contributed by atoms with Crippen LogP contribution in [0.2, 0.25) is 0 Å². The van der Waals surface area contributed by atoms with E-state index in [-0.39, 0.29) is 12.1 Å². The summed E-state index contributed by atoms with van der Waals surface area (Å²) in [5.74, 6) is -0.387. The summed E-state index contributed by atoms with van der Waals surface area (Å²) in [5.41, 5.74) is 1.48. The molecule has 0 radical (unpaired) electrons. The minimum Gasteiger partial charge on any atom is -0.378 e. The topological polar surface area (TPSA) is 68.5 Å². The van der Waals surface area contributed by atoms with Gasteiger partial charge in [-0.2, -0.15) is 9.97 Å². The molecule has 2 fully saturated rings. The van der Waals surface area contributed by atoms with Gasteiger partial charge in [0, 0.05) is 31.7 Å². The number of imidazole rings is 1. The van der Waals surface area contributed by atoms with E-state index in [1.54, 1.807) is 17.0 Å². The van der Waals surface area contributed by atoms with Gasteiger partial charge in [0.2, 0.25) is 5.95 Å².